The van der Waals surface area contributed by atoms with Crippen LogP contribution in [0.5, 0.6) is 0 Å². The molecular formula is C30H41N7O2. The number of benzene rings is 1. The molecule has 2 saturated carbocycles. The van der Waals surface area contributed by atoms with E-state index < -0.39 is 0 Å². The molecule has 0 radical (unpaired) electrons. The van der Waals surface area contributed by atoms with E-state index in [1.807, 2.05) is 32.2 Å². The lowest BCUT2D eigenvalue weighted by atomic mass is 10.0. The van der Waals surface area contributed by atoms with E-state index in [1.54, 1.807) is 11.1 Å². The van der Waals surface area contributed by atoms with Crippen molar-refractivity contribution in [2.45, 2.75) is 82.8 Å². The van der Waals surface area contributed by atoms with Gasteiger partial charge in [0, 0.05) is 49.4 Å². The number of aryl methyl sites for hydroxylation is 1. The molecule has 9 heteroatoms. The number of rotatable bonds is 6. The van der Waals surface area contributed by atoms with Gasteiger partial charge in [0.15, 0.2) is 5.82 Å². The van der Waals surface area contributed by atoms with Crippen LogP contribution in [0.2, 0.25) is 0 Å². The first-order chi connectivity index (χ1) is 18.9. The minimum atomic E-state index is 0.0950. The average Bonchev–Trinajstić information content (AvgIpc) is 3.64. The number of amides is 2. The number of piperidine rings is 1. The van der Waals surface area contributed by atoms with Crippen molar-refractivity contribution in [1.29, 1.82) is 0 Å². The molecule has 9 nitrogen and oxygen atoms in total. The summed E-state index contributed by atoms with van der Waals surface area (Å²) in [7, 11) is 3.97. The van der Waals surface area contributed by atoms with E-state index in [-0.39, 0.29) is 11.8 Å². The van der Waals surface area contributed by atoms with Gasteiger partial charge in [0.25, 0.3) is 5.91 Å². The van der Waals surface area contributed by atoms with Crippen molar-refractivity contribution in [1.82, 2.24) is 19.8 Å². The lowest BCUT2D eigenvalue weighted by Crippen LogP contribution is -2.47. The summed E-state index contributed by atoms with van der Waals surface area (Å²) in [6.45, 7) is 4.80. The maximum Gasteiger partial charge on any atom is 0.254 e. The van der Waals surface area contributed by atoms with Crippen LogP contribution in [0, 0.1) is 6.92 Å². The second-order valence-electron chi connectivity index (χ2n) is 11.9. The fourth-order valence-corrected chi connectivity index (χ4v) is 6.53. The number of carbonyl (C=O) groups excluding carboxylic acids is 2. The quantitative estimate of drug-likeness (QED) is 0.594. The summed E-state index contributed by atoms with van der Waals surface area (Å²) in [5.74, 6) is 1.59. The van der Waals surface area contributed by atoms with Crippen molar-refractivity contribution in [2.75, 3.05) is 48.8 Å². The van der Waals surface area contributed by atoms with Gasteiger partial charge in [-0.2, -0.15) is 4.98 Å². The Balaban J connectivity index is 1.22. The second-order valence-corrected chi connectivity index (χ2v) is 11.9. The Morgan fingerprint density at radius 2 is 1.72 bits per heavy atom. The van der Waals surface area contributed by atoms with Gasteiger partial charge in [0.05, 0.1) is 6.20 Å². The van der Waals surface area contributed by atoms with Crippen LogP contribution >= 0.6 is 0 Å². The Bertz CT molecular complexity index is 1230. The van der Waals surface area contributed by atoms with E-state index >= 15 is 0 Å². The number of likely N-dealkylation sites (tertiary alicyclic amines) is 1. The molecule has 1 aromatic heterocycles. The van der Waals surface area contributed by atoms with Gasteiger partial charge in [-0.3, -0.25) is 9.59 Å². The molecule has 2 aliphatic carbocycles. The number of anilines is 4. The Kier molecular flexibility index (Phi) is 7.18. The van der Waals surface area contributed by atoms with Gasteiger partial charge < -0.3 is 24.9 Å². The van der Waals surface area contributed by atoms with Crippen LogP contribution in [0.4, 0.5) is 23.1 Å². The summed E-state index contributed by atoms with van der Waals surface area (Å²) in [4.78, 5) is 44.4. The molecule has 0 bridgehead atoms. The Morgan fingerprint density at radius 1 is 1.00 bits per heavy atom. The number of nitrogens with one attached hydrogen (secondary N) is 1. The van der Waals surface area contributed by atoms with E-state index in [0.717, 1.165) is 79.9 Å². The first kappa shape index (κ1) is 26.0. The number of aromatic nitrogens is 2. The highest BCUT2D eigenvalue weighted by Gasteiger charge is 2.39. The van der Waals surface area contributed by atoms with Crippen molar-refractivity contribution < 1.29 is 9.59 Å². The lowest BCUT2D eigenvalue weighted by Gasteiger charge is -2.37. The molecular weight excluding hydrogens is 490 g/mol. The molecule has 3 heterocycles. The summed E-state index contributed by atoms with van der Waals surface area (Å²) < 4.78 is 0. The summed E-state index contributed by atoms with van der Waals surface area (Å²) in [5, 5.41) is 3.40. The maximum absolute atomic E-state index is 13.7. The van der Waals surface area contributed by atoms with Gasteiger partial charge in [-0.1, -0.05) is 12.8 Å². The molecule has 2 amide bonds. The van der Waals surface area contributed by atoms with E-state index in [2.05, 4.69) is 32.0 Å². The third-order valence-electron chi connectivity index (χ3n) is 9.07. The average molecular weight is 532 g/mol. The predicted molar refractivity (Wildman–Crippen MR) is 154 cm³/mol. The first-order valence-electron chi connectivity index (χ1n) is 14.7. The van der Waals surface area contributed by atoms with Gasteiger partial charge in [-0.15, -0.1) is 0 Å². The minimum Gasteiger partial charge on any atom is -0.351 e. The molecule has 39 heavy (non-hydrogen) atoms. The number of nitrogens with zero attached hydrogens (tertiary/aromatic N) is 6. The maximum atomic E-state index is 13.7. The Hall–Kier alpha value is -3.20. The van der Waals surface area contributed by atoms with Crippen molar-refractivity contribution >= 4 is 35.0 Å². The zero-order chi connectivity index (χ0) is 27.1. The molecule has 0 atom stereocenters. The van der Waals surface area contributed by atoms with Gasteiger partial charge in [-0.05, 0) is 89.3 Å². The molecule has 1 saturated heterocycles. The van der Waals surface area contributed by atoms with Crippen LogP contribution < -0.4 is 15.1 Å². The van der Waals surface area contributed by atoms with Crippen molar-refractivity contribution in [3.05, 3.63) is 35.5 Å². The first-order valence-corrected chi connectivity index (χ1v) is 14.7. The molecule has 2 aliphatic heterocycles. The van der Waals surface area contributed by atoms with Gasteiger partial charge in [0.1, 0.15) is 5.69 Å². The summed E-state index contributed by atoms with van der Waals surface area (Å²) in [6.07, 6.45) is 11.3. The number of hydrogen-bond donors (Lipinski definition) is 1. The molecule has 208 valence electrons. The third-order valence-corrected chi connectivity index (χ3v) is 9.07. The van der Waals surface area contributed by atoms with Gasteiger partial charge in [0.2, 0.25) is 11.9 Å². The predicted octanol–water partition coefficient (Wildman–Crippen LogP) is 4.34. The van der Waals surface area contributed by atoms with Crippen LogP contribution in [0.1, 0.15) is 73.7 Å². The lowest BCUT2D eigenvalue weighted by molar-refractivity contribution is -0.118. The van der Waals surface area contributed by atoms with Crippen LogP contribution in [0.15, 0.2) is 24.4 Å². The normalized spacial score (nSPS) is 21.2. The standard InChI is InChI=1S/C30H41N7O2/c1-20-18-21(29(39)37(23-9-10-23)24-12-15-34(2)16-13-24)8-11-25(20)32-30-31-19-26-28(33-30)36(22-6-4-5-7-22)17-14-27(38)35(26)3/h8,11,18-19,22-24H,4-7,9-10,12-17H2,1-3H3,(H,31,32,33). The van der Waals surface area contributed by atoms with Crippen molar-refractivity contribution in [2.24, 2.45) is 0 Å². The topological polar surface area (TPSA) is 84.9 Å². The van der Waals surface area contributed by atoms with Crippen molar-refractivity contribution in [3.63, 3.8) is 0 Å². The van der Waals surface area contributed by atoms with Crippen LogP contribution in [-0.2, 0) is 4.79 Å². The van der Waals surface area contributed by atoms with E-state index in [9.17, 15) is 9.59 Å². The summed E-state index contributed by atoms with van der Waals surface area (Å²) >= 11 is 0. The van der Waals surface area contributed by atoms with Gasteiger partial charge in [-0.25, -0.2) is 4.98 Å². The largest absolute Gasteiger partial charge is 0.351 e. The second kappa shape index (κ2) is 10.8. The smallest absolute Gasteiger partial charge is 0.254 e. The zero-order valence-electron chi connectivity index (χ0n) is 23.5. The third kappa shape index (κ3) is 5.33. The van der Waals surface area contributed by atoms with E-state index in [4.69, 9.17) is 4.98 Å². The van der Waals surface area contributed by atoms with Crippen molar-refractivity contribution in [3.8, 4) is 0 Å². The Labute approximate surface area is 231 Å². The molecule has 6 rings (SSSR count). The summed E-state index contributed by atoms with van der Waals surface area (Å²) in [5.41, 5.74) is 3.38. The molecule has 0 spiro atoms. The SMILES string of the molecule is Cc1cc(C(=O)N(C2CC2)C2CCN(C)CC2)ccc1Nc1ncc2c(n1)N(C1CCCC1)CCC(=O)N2C. The number of fused-ring (bicyclic) bond motifs is 1. The number of hydrogen-bond acceptors (Lipinski definition) is 7. The molecule has 2 aromatic rings. The van der Waals surface area contributed by atoms with Crippen LogP contribution in [0.25, 0.3) is 0 Å². The molecule has 4 aliphatic rings. The fourth-order valence-electron chi connectivity index (χ4n) is 6.53. The molecule has 3 fully saturated rings. The van der Waals surface area contributed by atoms with Crippen LogP contribution in [-0.4, -0.2) is 83.4 Å². The highest BCUT2D eigenvalue weighted by Crippen LogP contribution is 2.37. The molecule has 1 N–H and O–H groups in total. The fraction of sp³-hybridized carbons (Fsp3) is 0.600. The monoisotopic (exact) mass is 531 g/mol. The van der Waals surface area contributed by atoms with Crippen LogP contribution in [0.3, 0.4) is 0 Å². The summed E-state index contributed by atoms with van der Waals surface area (Å²) in [6, 6.07) is 7.04. The zero-order valence-corrected chi connectivity index (χ0v) is 23.5. The minimum absolute atomic E-state index is 0.0950. The number of carbonyl (C=O) groups is 2. The van der Waals surface area contributed by atoms with E-state index in [0.29, 0.717) is 37.0 Å². The van der Waals surface area contributed by atoms with E-state index in [1.165, 1.54) is 12.8 Å². The van der Waals surface area contributed by atoms with Gasteiger partial charge >= 0.3 is 0 Å². The molecule has 0 unspecified atom stereocenters. The highest BCUT2D eigenvalue weighted by molar-refractivity contribution is 5.97. The Morgan fingerprint density at radius 3 is 2.41 bits per heavy atom. The molecule has 1 aromatic carbocycles. The highest BCUT2D eigenvalue weighted by atomic mass is 16.2.